The molecule has 8 heteroatoms. The van der Waals surface area contributed by atoms with Crippen LogP contribution in [0.2, 0.25) is 0 Å². The Bertz CT molecular complexity index is 1000. The van der Waals surface area contributed by atoms with Crippen LogP contribution >= 0.6 is 0 Å². The Morgan fingerprint density at radius 3 is 1.09 bits per heavy atom. The maximum atomic E-state index is 11.8. The highest BCUT2D eigenvalue weighted by Crippen LogP contribution is 2.24. The summed E-state index contributed by atoms with van der Waals surface area (Å²) in [4.78, 5) is 46.4. The fourth-order valence-electron chi connectivity index (χ4n) is 5.09. The van der Waals surface area contributed by atoms with Crippen LogP contribution in [0.4, 0.5) is 0 Å². The van der Waals surface area contributed by atoms with Crippen LogP contribution in [0.1, 0.15) is 215 Å². The third-order valence-electron chi connectivity index (χ3n) is 11.0. The first-order valence-electron chi connectivity index (χ1n) is 23.9. The van der Waals surface area contributed by atoms with Crippen molar-refractivity contribution in [2.24, 2.45) is 34.5 Å². The number of unbranched alkanes of at least 4 members (excludes halogenated alkanes) is 1. The van der Waals surface area contributed by atoms with E-state index in [4.69, 9.17) is 0 Å². The first-order valence-corrected chi connectivity index (χ1v) is 23.9. The highest BCUT2D eigenvalue weighted by Gasteiger charge is 2.25. The predicted molar refractivity (Wildman–Crippen MR) is 255 cm³/mol. The lowest BCUT2D eigenvalue weighted by Crippen LogP contribution is -2.36. The van der Waals surface area contributed by atoms with E-state index in [1.54, 1.807) is 0 Å². The van der Waals surface area contributed by atoms with E-state index in [1.807, 2.05) is 41.5 Å². The van der Waals surface area contributed by atoms with Crippen molar-refractivity contribution < 1.29 is 19.2 Å². The van der Waals surface area contributed by atoms with Crippen molar-refractivity contribution in [3.63, 3.8) is 0 Å². The molecule has 0 spiro atoms. The molecule has 0 aromatic heterocycles. The van der Waals surface area contributed by atoms with Gasteiger partial charge in [0.05, 0.1) is 0 Å². The molecule has 348 valence electrons. The maximum Gasteiger partial charge on any atom is 0.138 e. The molecule has 0 saturated heterocycles. The van der Waals surface area contributed by atoms with Crippen LogP contribution in [0.15, 0.2) is 0 Å². The Balaban J connectivity index is -0.000000335. The Kier molecular flexibility index (Phi) is 41.9. The van der Waals surface area contributed by atoms with Gasteiger partial charge in [0, 0.05) is 53.9 Å². The minimum Gasteiger partial charge on any atom is -0.317 e. The van der Waals surface area contributed by atoms with Gasteiger partial charge in [-0.15, -0.1) is 0 Å². The fourth-order valence-corrected chi connectivity index (χ4v) is 5.09. The summed E-state index contributed by atoms with van der Waals surface area (Å²) in [6, 6.07) is 0. The molecule has 0 aliphatic heterocycles. The first-order chi connectivity index (χ1) is 26.9. The highest BCUT2D eigenvalue weighted by atomic mass is 16.1. The molecule has 0 bridgehead atoms. The van der Waals surface area contributed by atoms with Gasteiger partial charge in [0.2, 0.25) is 0 Å². The second-order valence-corrected chi connectivity index (χ2v) is 19.8. The van der Waals surface area contributed by atoms with E-state index in [9.17, 15) is 19.2 Å². The lowest BCUT2D eigenvalue weighted by molar-refractivity contribution is -0.128. The molecule has 0 fully saturated rings. The predicted octanol–water partition coefficient (Wildman–Crippen LogP) is 11.6. The van der Waals surface area contributed by atoms with Crippen molar-refractivity contribution in [2.45, 2.75) is 220 Å². The smallest absolute Gasteiger partial charge is 0.138 e. The Morgan fingerprint density at radius 2 is 0.776 bits per heavy atom. The summed E-state index contributed by atoms with van der Waals surface area (Å²) in [5.74, 6) is 3.50. The lowest BCUT2D eigenvalue weighted by atomic mass is 9.83. The molecule has 0 aliphatic rings. The van der Waals surface area contributed by atoms with E-state index in [-0.39, 0.29) is 28.2 Å². The maximum absolute atomic E-state index is 11.8. The summed E-state index contributed by atoms with van der Waals surface area (Å²) < 4.78 is 0. The van der Waals surface area contributed by atoms with Gasteiger partial charge in [0.1, 0.15) is 23.1 Å². The summed E-state index contributed by atoms with van der Waals surface area (Å²) in [5, 5.41) is 13.4. The van der Waals surface area contributed by atoms with Gasteiger partial charge in [-0.3, -0.25) is 19.2 Å². The van der Waals surface area contributed by atoms with Gasteiger partial charge in [-0.05, 0) is 136 Å². The van der Waals surface area contributed by atoms with Gasteiger partial charge < -0.3 is 21.3 Å². The van der Waals surface area contributed by atoms with Gasteiger partial charge in [-0.1, -0.05) is 110 Å². The summed E-state index contributed by atoms with van der Waals surface area (Å²) in [6.07, 6.45) is 13.1. The molecule has 2 atom stereocenters. The van der Waals surface area contributed by atoms with Crippen LogP contribution in [-0.2, 0) is 19.2 Å². The Labute approximate surface area is 362 Å². The quantitative estimate of drug-likeness (QED) is 0.0511. The Morgan fingerprint density at radius 1 is 0.448 bits per heavy atom. The van der Waals surface area contributed by atoms with Crippen molar-refractivity contribution in [3.8, 4) is 0 Å². The summed E-state index contributed by atoms with van der Waals surface area (Å²) >= 11 is 0. The molecule has 2 unspecified atom stereocenters. The van der Waals surface area contributed by atoms with Crippen LogP contribution in [-0.4, -0.2) is 74.5 Å². The molecule has 8 nitrogen and oxygen atoms in total. The van der Waals surface area contributed by atoms with Crippen LogP contribution in [0.3, 0.4) is 0 Å². The standard InChI is InChI=1S/2C13H27NO.2C12H25NO/c1-6-13(4,5)12(15)8-7-9-14-10-11(2)3;1-5-7-10-14-11-8-9-12(15)13(3,4)6-2;1-6-10(2)11(14)8-7-9-13-12(3,4)5;1-5-11(4)12(14)7-6-8-13-9-10(2)3/h11,14H,6-10H2,1-5H3;14H,5-11H2,1-4H3;10,13H,6-9H2,1-5H3;10-11,13H,5-9H2,1-4H3. The zero-order chi connectivity index (χ0) is 45.8. The molecule has 0 aromatic carbocycles. The zero-order valence-electron chi connectivity index (χ0n) is 42.3. The topological polar surface area (TPSA) is 116 Å². The number of carbonyl (C=O) groups excluding carboxylic acids is 4. The molecule has 0 saturated carbocycles. The molecule has 4 N–H and O–H groups in total. The fraction of sp³-hybridized carbons (Fsp3) is 0.920. The SMILES string of the molecule is CCC(C)(C)C(=O)CCCNCC(C)C.CCC(C)C(=O)CCCNC(C)(C)C.CCC(C)C(=O)CCCNCC(C)C.CCCCNCCCC(=O)C(C)(C)CC. The van der Waals surface area contributed by atoms with E-state index in [2.05, 4.69) is 104 Å². The second-order valence-electron chi connectivity index (χ2n) is 19.8. The molecular formula is C50H104N4O4. The van der Waals surface area contributed by atoms with Crippen LogP contribution in [0, 0.1) is 34.5 Å². The second kappa shape index (κ2) is 38.4. The lowest BCUT2D eigenvalue weighted by Gasteiger charge is -2.20. The number of carbonyl (C=O) groups is 4. The summed E-state index contributed by atoms with van der Waals surface area (Å²) in [7, 11) is 0. The number of hydrogen-bond donors (Lipinski definition) is 4. The molecular weight excluding hydrogens is 721 g/mol. The zero-order valence-corrected chi connectivity index (χ0v) is 42.3. The van der Waals surface area contributed by atoms with Gasteiger partial charge in [0.25, 0.3) is 0 Å². The van der Waals surface area contributed by atoms with Crippen molar-refractivity contribution in [2.75, 3.05) is 45.8 Å². The van der Waals surface area contributed by atoms with Gasteiger partial charge in [-0.25, -0.2) is 0 Å². The molecule has 0 aliphatic carbocycles. The Hall–Kier alpha value is -1.48. The first kappa shape index (κ1) is 63.2. The normalized spacial score (nSPS) is 12.8. The number of hydrogen-bond acceptors (Lipinski definition) is 8. The molecule has 58 heavy (non-hydrogen) atoms. The number of ketones is 4. The van der Waals surface area contributed by atoms with E-state index in [0.29, 0.717) is 41.4 Å². The van der Waals surface area contributed by atoms with Crippen LogP contribution < -0.4 is 21.3 Å². The average molecular weight is 825 g/mol. The van der Waals surface area contributed by atoms with Crippen molar-refractivity contribution >= 4 is 23.1 Å². The minimum atomic E-state index is -0.127. The monoisotopic (exact) mass is 825 g/mol. The highest BCUT2D eigenvalue weighted by molar-refractivity contribution is 5.84. The van der Waals surface area contributed by atoms with Crippen molar-refractivity contribution in [1.29, 1.82) is 0 Å². The van der Waals surface area contributed by atoms with Crippen molar-refractivity contribution in [1.82, 2.24) is 21.3 Å². The number of Topliss-reactive ketones (excluding diaryl/α,β-unsaturated/α-hetero) is 4. The number of rotatable bonds is 31. The van der Waals surface area contributed by atoms with Crippen LogP contribution in [0.5, 0.6) is 0 Å². The van der Waals surface area contributed by atoms with E-state index in [0.717, 1.165) is 116 Å². The minimum absolute atomic E-state index is 0.122. The van der Waals surface area contributed by atoms with Gasteiger partial charge in [-0.2, -0.15) is 0 Å². The number of nitrogens with one attached hydrogen (secondary N) is 4. The third-order valence-corrected chi connectivity index (χ3v) is 11.0. The molecule has 0 radical (unpaired) electrons. The van der Waals surface area contributed by atoms with E-state index in [1.165, 1.54) is 12.8 Å². The molecule has 0 amide bonds. The average Bonchev–Trinajstić information content (AvgIpc) is 3.16. The largest absolute Gasteiger partial charge is 0.317 e. The van der Waals surface area contributed by atoms with Gasteiger partial charge in [0.15, 0.2) is 0 Å². The molecule has 0 heterocycles. The third kappa shape index (κ3) is 42.6. The van der Waals surface area contributed by atoms with Crippen LogP contribution in [0.25, 0.3) is 0 Å². The molecule has 0 aromatic rings. The van der Waals surface area contributed by atoms with E-state index < -0.39 is 0 Å². The molecule has 0 rings (SSSR count). The summed E-state index contributed by atoms with van der Waals surface area (Å²) in [5.41, 5.74) is -0.0825. The van der Waals surface area contributed by atoms with Gasteiger partial charge >= 0.3 is 0 Å². The van der Waals surface area contributed by atoms with Crippen molar-refractivity contribution in [3.05, 3.63) is 0 Å². The summed E-state index contributed by atoms with van der Waals surface area (Å²) in [6.45, 7) is 44.9. The van der Waals surface area contributed by atoms with E-state index >= 15 is 0 Å².